The molecule has 1 amide bonds. The highest BCUT2D eigenvalue weighted by Gasteiger charge is 2.29. The van der Waals surface area contributed by atoms with E-state index in [2.05, 4.69) is 10.4 Å². The fourth-order valence-electron chi connectivity index (χ4n) is 1.81. The monoisotopic (exact) mass is 255 g/mol. The van der Waals surface area contributed by atoms with Crippen LogP contribution in [0.15, 0.2) is 12.4 Å². The van der Waals surface area contributed by atoms with Crippen molar-refractivity contribution in [3.05, 3.63) is 18.0 Å². The average Bonchev–Trinajstić information content (AvgIpc) is 2.74. The van der Waals surface area contributed by atoms with Crippen LogP contribution in [-0.2, 0) is 7.05 Å². The normalized spacial score (nSPS) is 18.9. The van der Waals surface area contributed by atoms with Crippen LogP contribution in [-0.4, -0.2) is 44.4 Å². The molecule has 0 atom stereocenters. The molecule has 6 heteroatoms. The lowest BCUT2D eigenvalue weighted by molar-refractivity contribution is 0.0311. The van der Waals surface area contributed by atoms with Crippen LogP contribution in [0, 0.1) is 0 Å². The Labute approximate surface area is 105 Å². The molecule has 0 bridgehead atoms. The number of amides is 1. The van der Waals surface area contributed by atoms with E-state index in [1.54, 1.807) is 17.9 Å². The molecule has 1 aromatic heterocycles. The van der Waals surface area contributed by atoms with E-state index in [0.717, 1.165) is 24.3 Å². The highest BCUT2D eigenvalue weighted by Crippen LogP contribution is 2.26. The number of aryl methyl sites for hydroxylation is 1. The molecule has 5 nitrogen and oxygen atoms in total. The first-order valence-corrected chi connectivity index (χ1v) is 6.81. The molecule has 1 saturated heterocycles. The number of aliphatic hydroxyl groups is 1. The van der Waals surface area contributed by atoms with E-state index >= 15 is 0 Å². The van der Waals surface area contributed by atoms with Crippen molar-refractivity contribution in [1.29, 1.82) is 0 Å². The fourth-order valence-corrected chi connectivity index (χ4v) is 3.07. The third-order valence-corrected chi connectivity index (χ3v) is 3.95. The first-order chi connectivity index (χ1) is 8.09. The molecule has 1 fully saturated rings. The molecular formula is C11H17N3O2S. The van der Waals surface area contributed by atoms with Gasteiger partial charge in [-0.3, -0.25) is 9.48 Å². The summed E-state index contributed by atoms with van der Waals surface area (Å²) in [6.07, 6.45) is 4.67. The van der Waals surface area contributed by atoms with Crippen molar-refractivity contribution in [2.24, 2.45) is 7.05 Å². The van der Waals surface area contributed by atoms with Crippen molar-refractivity contribution in [3.8, 4) is 0 Å². The number of hydrogen-bond acceptors (Lipinski definition) is 4. The maximum absolute atomic E-state index is 11.8. The number of carbonyl (C=O) groups is 1. The van der Waals surface area contributed by atoms with E-state index in [4.69, 9.17) is 0 Å². The Morgan fingerprint density at radius 1 is 1.65 bits per heavy atom. The van der Waals surface area contributed by atoms with E-state index in [1.165, 1.54) is 6.20 Å². The SMILES string of the molecule is Cn1cc(C(=O)NCC2(O)CCSCC2)cn1. The summed E-state index contributed by atoms with van der Waals surface area (Å²) in [6.45, 7) is 0.321. The van der Waals surface area contributed by atoms with Gasteiger partial charge in [-0.2, -0.15) is 16.9 Å². The van der Waals surface area contributed by atoms with E-state index < -0.39 is 5.60 Å². The maximum Gasteiger partial charge on any atom is 0.254 e. The standard InChI is InChI=1S/C11H17N3O2S/c1-14-7-9(6-13-14)10(15)12-8-11(16)2-4-17-5-3-11/h6-7,16H,2-5,8H2,1H3,(H,12,15). The number of nitrogens with one attached hydrogen (secondary N) is 1. The highest BCUT2D eigenvalue weighted by molar-refractivity contribution is 7.99. The Morgan fingerprint density at radius 2 is 2.35 bits per heavy atom. The van der Waals surface area contributed by atoms with Crippen LogP contribution in [0.4, 0.5) is 0 Å². The van der Waals surface area contributed by atoms with Crippen LogP contribution in [0.3, 0.4) is 0 Å². The predicted molar refractivity (Wildman–Crippen MR) is 67.1 cm³/mol. The highest BCUT2D eigenvalue weighted by atomic mass is 32.2. The van der Waals surface area contributed by atoms with Gasteiger partial charge in [0.1, 0.15) is 0 Å². The maximum atomic E-state index is 11.8. The van der Waals surface area contributed by atoms with Crippen molar-refractivity contribution in [2.45, 2.75) is 18.4 Å². The minimum absolute atomic E-state index is 0.176. The second kappa shape index (κ2) is 5.10. The van der Waals surface area contributed by atoms with Crippen LogP contribution in [0.1, 0.15) is 23.2 Å². The summed E-state index contributed by atoms with van der Waals surface area (Å²) in [5.41, 5.74) is -0.204. The molecule has 1 aliphatic rings. The minimum atomic E-state index is -0.733. The number of hydrogen-bond donors (Lipinski definition) is 2. The molecule has 1 aromatic rings. The zero-order valence-corrected chi connectivity index (χ0v) is 10.7. The molecule has 17 heavy (non-hydrogen) atoms. The fraction of sp³-hybridized carbons (Fsp3) is 0.636. The van der Waals surface area contributed by atoms with E-state index in [9.17, 15) is 9.90 Å². The topological polar surface area (TPSA) is 67.2 Å². The third-order valence-electron chi connectivity index (χ3n) is 2.97. The Kier molecular flexibility index (Phi) is 3.73. The van der Waals surface area contributed by atoms with Crippen molar-refractivity contribution in [1.82, 2.24) is 15.1 Å². The molecule has 1 aliphatic heterocycles. The molecule has 2 heterocycles. The van der Waals surface area contributed by atoms with Gasteiger partial charge in [-0.05, 0) is 24.3 Å². The summed E-state index contributed by atoms with van der Waals surface area (Å²) in [6, 6.07) is 0. The van der Waals surface area contributed by atoms with Gasteiger partial charge in [0.15, 0.2) is 0 Å². The van der Waals surface area contributed by atoms with Gasteiger partial charge in [0.05, 0.1) is 17.4 Å². The summed E-state index contributed by atoms with van der Waals surface area (Å²) >= 11 is 1.85. The van der Waals surface area contributed by atoms with Crippen molar-refractivity contribution < 1.29 is 9.90 Å². The Morgan fingerprint density at radius 3 is 2.94 bits per heavy atom. The molecule has 0 radical (unpaired) electrons. The van der Waals surface area contributed by atoms with Gasteiger partial charge in [-0.15, -0.1) is 0 Å². The summed E-state index contributed by atoms with van der Waals surface area (Å²) in [5, 5.41) is 16.9. The van der Waals surface area contributed by atoms with Crippen molar-refractivity contribution in [3.63, 3.8) is 0 Å². The summed E-state index contributed by atoms with van der Waals surface area (Å²) in [4.78, 5) is 11.8. The molecule has 0 saturated carbocycles. The number of carbonyl (C=O) groups excluding carboxylic acids is 1. The molecule has 0 unspecified atom stereocenters. The van der Waals surface area contributed by atoms with Crippen LogP contribution >= 0.6 is 11.8 Å². The summed E-state index contributed by atoms with van der Waals surface area (Å²) in [5.74, 6) is 1.74. The molecule has 0 aliphatic carbocycles. The number of thioether (sulfide) groups is 1. The van der Waals surface area contributed by atoms with Crippen molar-refractivity contribution >= 4 is 17.7 Å². The smallest absolute Gasteiger partial charge is 0.254 e. The van der Waals surface area contributed by atoms with Gasteiger partial charge in [-0.25, -0.2) is 0 Å². The summed E-state index contributed by atoms with van der Waals surface area (Å²) in [7, 11) is 1.77. The minimum Gasteiger partial charge on any atom is -0.388 e. The lowest BCUT2D eigenvalue weighted by Gasteiger charge is -2.31. The van der Waals surface area contributed by atoms with Crippen LogP contribution in [0.25, 0.3) is 0 Å². The van der Waals surface area contributed by atoms with E-state index in [1.807, 2.05) is 11.8 Å². The van der Waals surface area contributed by atoms with Crippen LogP contribution in [0.2, 0.25) is 0 Å². The quantitative estimate of drug-likeness (QED) is 0.821. The molecule has 94 valence electrons. The molecule has 0 spiro atoms. The van der Waals surface area contributed by atoms with Crippen LogP contribution in [0.5, 0.6) is 0 Å². The molecule has 0 aromatic carbocycles. The molecule has 2 N–H and O–H groups in total. The number of nitrogens with zero attached hydrogens (tertiary/aromatic N) is 2. The van der Waals surface area contributed by atoms with Gasteiger partial charge in [0.25, 0.3) is 5.91 Å². The van der Waals surface area contributed by atoms with Gasteiger partial charge >= 0.3 is 0 Å². The van der Waals surface area contributed by atoms with Crippen LogP contribution < -0.4 is 5.32 Å². The summed E-state index contributed by atoms with van der Waals surface area (Å²) < 4.78 is 1.58. The Balaban J connectivity index is 1.87. The predicted octanol–water partition coefficient (Wildman–Crippen LogP) is 0.408. The Hall–Kier alpha value is -1.01. The van der Waals surface area contributed by atoms with Gasteiger partial charge in [0, 0.05) is 19.8 Å². The first kappa shape index (κ1) is 12.4. The van der Waals surface area contributed by atoms with Gasteiger partial charge in [0.2, 0.25) is 0 Å². The number of rotatable bonds is 3. The second-order valence-electron chi connectivity index (χ2n) is 4.42. The van der Waals surface area contributed by atoms with E-state index in [0.29, 0.717) is 12.1 Å². The average molecular weight is 255 g/mol. The number of aromatic nitrogens is 2. The largest absolute Gasteiger partial charge is 0.388 e. The zero-order chi connectivity index (χ0) is 12.3. The molecule has 2 rings (SSSR count). The zero-order valence-electron chi connectivity index (χ0n) is 9.85. The van der Waals surface area contributed by atoms with Gasteiger partial charge < -0.3 is 10.4 Å². The first-order valence-electron chi connectivity index (χ1n) is 5.66. The Bertz CT molecular complexity index is 399. The van der Waals surface area contributed by atoms with Crippen molar-refractivity contribution in [2.75, 3.05) is 18.1 Å². The van der Waals surface area contributed by atoms with Gasteiger partial charge in [-0.1, -0.05) is 0 Å². The molecular weight excluding hydrogens is 238 g/mol. The second-order valence-corrected chi connectivity index (χ2v) is 5.65. The lowest BCUT2D eigenvalue weighted by Crippen LogP contribution is -2.45. The lowest BCUT2D eigenvalue weighted by atomic mass is 9.97. The third kappa shape index (κ3) is 3.23. The van der Waals surface area contributed by atoms with E-state index in [-0.39, 0.29) is 5.91 Å².